The molecular formula is C19H20FNOS. The quantitative estimate of drug-likeness (QED) is 0.778. The summed E-state index contributed by atoms with van der Waals surface area (Å²) < 4.78 is 13.0. The molecule has 1 aliphatic carbocycles. The van der Waals surface area contributed by atoms with Crippen LogP contribution in [0.3, 0.4) is 0 Å². The molecule has 0 spiro atoms. The molecule has 120 valence electrons. The summed E-state index contributed by atoms with van der Waals surface area (Å²) in [6, 6.07) is 14.6. The molecule has 23 heavy (non-hydrogen) atoms. The lowest BCUT2D eigenvalue weighted by Gasteiger charge is -2.23. The van der Waals surface area contributed by atoms with Crippen LogP contribution in [-0.2, 0) is 12.3 Å². The van der Waals surface area contributed by atoms with Crippen molar-refractivity contribution < 1.29 is 9.18 Å². The first-order valence-electron chi connectivity index (χ1n) is 7.80. The monoisotopic (exact) mass is 329 g/mol. The van der Waals surface area contributed by atoms with Crippen LogP contribution in [0.15, 0.2) is 48.5 Å². The molecule has 0 N–H and O–H groups in total. The molecule has 0 aromatic heterocycles. The van der Waals surface area contributed by atoms with Crippen molar-refractivity contribution in [1.29, 1.82) is 0 Å². The van der Waals surface area contributed by atoms with Gasteiger partial charge in [0, 0.05) is 23.9 Å². The zero-order valence-electron chi connectivity index (χ0n) is 13.2. The zero-order valence-corrected chi connectivity index (χ0v) is 14.0. The summed E-state index contributed by atoms with van der Waals surface area (Å²) in [6.45, 7) is 0.538. The van der Waals surface area contributed by atoms with Crippen LogP contribution >= 0.6 is 11.8 Å². The third kappa shape index (κ3) is 4.14. The number of benzene rings is 2. The second-order valence-electron chi connectivity index (χ2n) is 5.92. The maximum absolute atomic E-state index is 13.0. The van der Waals surface area contributed by atoms with Gasteiger partial charge in [-0.25, -0.2) is 4.39 Å². The molecule has 0 saturated heterocycles. The Balaban J connectivity index is 1.74. The topological polar surface area (TPSA) is 20.3 Å². The van der Waals surface area contributed by atoms with Crippen LogP contribution in [0.5, 0.6) is 0 Å². The van der Waals surface area contributed by atoms with Crippen molar-refractivity contribution in [2.24, 2.45) is 0 Å². The smallest absolute Gasteiger partial charge is 0.254 e. The lowest BCUT2D eigenvalue weighted by Crippen LogP contribution is -2.32. The molecule has 4 heteroatoms. The van der Waals surface area contributed by atoms with Crippen molar-refractivity contribution in [1.82, 2.24) is 4.90 Å². The number of rotatable bonds is 6. The minimum Gasteiger partial charge on any atom is -0.331 e. The molecule has 2 nitrogen and oxygen atoms in total. The van der Waals surface area contributed by atoms with Gasteiger partial charge in [-0.2, -0.15) is 11.8 Å². The first kappa shape index (κ1) is 16.1. The number of hydrogen-bond acceptors (Lipinski definition) is 2. The van der Waals surface area contributed by atoms with E-state index < -0.39 is 0 Å². The van der Waals surface area contributed by atoms with E-state index in [0.717, 1.165) is 29.7 Å². The molecule has 0 aliphatic heterocycles. The second-order valence-corrected chi connectivity index (χ2v) is 6.79. The highest BCUT2D eigenvalue weighted by molar-refractivity contribution is 7.97. The fourth-order valence-electron chi connectivity index (χ4n) is 2.62. The predicted molar refractivity (Wildman–Crippen MR) is 93.0 cm³/mol. The number of nitrogens with zero attached hydrogens (tertiary/aromatic N) is 1. The molecular weight excluding hydrogens is 309 g/mol. The summed E-state index contributed by atoms with van der Waals surface area (Å²) in [5.41, 5.74) is 2.92. The van der Waals surface area contributed by atoms with Crippen LogP contribution in [0, 0.1) is 5.82 Å². The fraction of sp³-hybridized carbons (Fsp3) is 0.316. The van der Waals surface area contributed by atoms with E-state index in [-0.39, 0.29) is 11.7 Å². The normalized spacial score (nSPS) is 13.8. The summed E-state index contributed by atoms with van der Waals surface area (Å²) >= 11 is 1.77. The maximum atomic E-state index is 13.0. The highest BCUT2D eigenvalue weighted by Gasteiger charge is 2.33. The van der Waals surface area contributed by atoms with Crippen molar-refractivity contribution >= 4 is 17.7 Å². The van der Waals surface area contributed by atoms with E-state index in [2.05, 4.69) is 6.26 Å². The zero-order chi connectivity index (χ0) is 16.2. The van der Waals surface area contributed by atoms with Crippen LogP contribution in [-0.4, -0.2) is 23.1 Å². The van der Waals surface area contributed by atoms with E-state index in [0.29, 0.717) is 12.6 Å². The number of amides is 1. The van der Waals surface area contributed by atoms with Gasteiger partial charge in [0.2, 0.25) is 0 Å². The fourth-order valence-corrected chi connectivity index (χ4v) is 3.14. The molecule has 2 aromatic rings. The molecule has 1 saturated carbocycles. The predicted octanol–water partition coefficient (Wildman–Crippen LogP) is 4.49. The minimum atomic E-state index is -0.248. The van der Waals surface area contributed by atoms with Crippen molar-refractivity contribution in [3.63, 3.8) is 0 Å². The van der Waals surface area contributed by atoms with E-state index in [1.54, 1.807) is 23.9 Å². The molecule has 2 aromatic carbocycles. The third-order valence-corrected chi connectivity index (χ3v) is 4.65. The first-order valence-corrected chi connectivity index (χ1v) is 9.20. The summed E-state index contributed by atoms with van der Waals surface area (Å²) in [5.74, 6) is 0.770. The SMILES string of the molecule is CSCc1ccc(C(=O)N(Cc2ccc(F)cc2)C2CC2)cc1. The number of thioether (sulfide) groups is 1. The molecule has 3 rings (SSSR count). The van der Waals surface area contributed by atoms with Crippen LogP contribution in [0.1, 0.15) is 34.3 Å². The van der Waals surface area contributed by atoms with Gasteiger partial charge in [0.25, 0.3) is 5.91 Å². The Morgan fingerprint density at radius 1 is 1.09 bits per heavy atom. The first-order chi connectivity index (χ1) is 11.2. The van der Waals surface area contributed by atoms with E-state index in [4.69, 9.17) is 0 Å². The van der Waals surface area contributed by atoms with Crippen molar-refractivity contribution in [2.75, 3.05) is 6.26 Å². The molecule has 1 fully saturated rings. The minimum absolute atomic E-state index is 0.0625. The Morgan fingerprint density at radius 3 is 2.26 bits per heavy atom. The van der Waals surface area contributed by atoms with Crippen molar-refractivity contribution in [2.45, 2.75) is 31.2 Å². The molecule has 0 radical (unpaired) electrons. The molecule has 1 amide bonds. The molecule has 0 unspecified atom stereocenters. The number of hydrogen-bond donors (Lipinski definition) is 0. The van der Waals surface area contributed by atoms with E-state index in [9.17, 15) is 9.18 Å². The second kappa shape index (κ2) is 7.18. The summed E-state index contributed by atoms with van der Waals surface area (Å²) in [6.07, 6.45) is 4.17. The highest BCUT2D eigenvalue weighted by Crippen LogP contribution is 2.30. The van der Waals surface area contributed by atoms with Crippen molar-refractivity contribution in [3.8, 4) is 0 Å². The van der Waals surface area contributed by atoms with E-state index >= 15 is 0 Å². The van der Waals surface area contributed by atoms with Crippen LogP contribution < -0.4 is 0 Å². The van der Waals surface area contributed by atoms with Gasteiger partial charge < -0.3 is 4.90 Å². The largest absolute Gasteiger partial charge is 0.331 e. The summed E-state index contributed by atoms with van der Waals surface area (Å²) in [4.78, 5) is 14.7. The highest BCUT2D eigenvalue weighted by atomic mass is 32.2. The van der Waals surface area contributed by atoms with Crippen LogP contribution in [0.25, 0.3) is 0 Å². The molecule has 0 heterocycles. The van der Waals surface area contributed by atoms with E-state index in [1.165, 1.54) is 17.7 Å². The Hall–Kier alpha value is -1.81. The Morgan fingerprint density at radius 2 is 1.70 bits per heavy atom. The van der Waals surface area contributed by atoms with Crippen LogP contribution in [0.2, 0.25) is 0 Å². The van der Waals surface area contributed by atoms with E-state index in [1.807, 2.05) is 29.2 Å². The number of carbonyl (C=O) groups excluding carboxylic acids is 1. The Kier molecular flexibility index (Phi) is 5.01. The van der Waals surface area contributed by atoms with Crippen LogP contribution in [0.4, 0.5) is 4.39 Å². The molecule has 1 aliphatic rings. The molecule has 0 bridgehead atoms. The summed E-state index contributed by atoms with van der Waals surface area (Å²) in [7, 11) is 0. The number of halogens is 1. The number of carbonyl (C=O) groups is 1. The van der Waals surface area contributed by atoms with Gasteiger partial charge in [-0.05, 0) is 54.5 Å². The van der Waals surface area contributed by atoms with Gasteiger partial charge in [0.15, 0.2) is 0 Å². The standard InChI is InChI=1S/C19H20FNOS/c1-23-13-15-2-6-16(7-3-15)19(22)21(18-10-11-18)12-14-4-8-17(20)9-5-14/h2-9,18H,10-13H2,1H3. The Labute approximate surface area is 140 Å². The lowest BCUT2D eigenvalue weighted by atomic mass is 10.1. The third-order valence-electron chi connectivity index (χ3n) is 4.03. The average molecular weight is 329 g/mol. The van der Waals surface area contributed by atoms with Gasteiger partial charge in [-0.3, -0.25) is 4.79 Å². The van der Waals surface area contributed by atoms with Gasteiger partial charge in [-0.15, -0.1) is 0 Å². The lowest BCUT2D eigenvalue weighted by molar-refractivity contribution is 0.0730. The maximum Gasteiger partial charge on any atom is 0.254 e. The average Bonchev–Trinajstić information content (AvgIpc) is 3.40. The van der Waals surface area contributed by atoms with Crippen molar-refractivity contribution in [3.05, 3.63) is 71.0 Å². The Bertz CT molecular complexity index is 665. The van der Waals surface area contributed by atoms with Gasteiger partial charge in [-0.1, -0.05) is 24.3 Å². The summed E-state index contributed by atoms with van der Waals surface area (Å²) in [5, 5.41) is 0. The van der Waals surface area contributed by atoms with Gasteiger partial charge >= 0.3 is 0 Å². The molecule has 0 atom stereocenters. The van der Waals surface area contributed by atoms with Gasteiger partial charge in [0.05, 0.1) is 0 Å². The van der Waals surface area contributed by atoms with Gasteiger partial charge in [0.1, 0.15) is 5.82 Å².